The van der Waals surface area contributed by atoms with E-state index in [9.17, 15) is 8.78 Å². The van der Waals surface area contributed by atoms with Gasteiger partial charge in [0.25, 0.3) is 0 Å². The molecule has 4 heteroatoms. The van der Waals surface area contributed by atoms with E-state index in [-0.39, 0.29) is 11.5 Å². The minimum Gasteiger partial charge on any atom is -0.261 e. The molecule has 100 valence electrons. The van der Waals surface area contributed by atoms with E-state index < -0.39 is 16.5 Å². The lowest BCUT2D eigenvalue weighted by molar-refractivity contribution is 0.535. The van der Waals surface area contributed by atoms with Crippen LogP contribution in [-0.2, 0) is 0 Å². The van der Waals surface area contributed by atoms with Crippen LogP contribution in [0, 0.1) is 18.6 Å². The van der Waals surface area contributed by atoms with Crippen molar-refractivity contribution in [1.29, 1.82) is 0 Å². The maximum atomic E-state index is 14.1. The normalized spacial score (nSPS) is 14.2. The fraction of sp³-hybridized carbons (Fsp3) is 0.267. The van der Waals surface area contributed by atoms with Crippen LogP contribution in [0.3, 0.4) is 0 Å². The Morgan fingerprint density at radius 3 is 2.53 bits per heavy atom. The standard InChI is InChI=1S/C15H14BrF2N/c1-9-6-7-11(17)13(15(9)18)14(16)10(2)12-5-3-4-8-19-12/h3-8,10,14H,1-2H3. The molecule has 0 radical (unpaired) electrons. The number of aryl methyl sites for hydroxylation is 1. The molecule has 0 N–H and O–H groups in total. The Bertz CT molecular complexity index is 572. The van der Waals surface area contributed by atoms with Gasteiger partial charge in [-0.2, -0.15) is 0 Å². The summed E-state index contributed by atoms with van der Waals surface area (Å²) < 4.78 is 28.0. The summed E-state index contributed by atoms with van der Waals surface area (Å²) in [5.41, 5.74) is 1.30. The first-order chi connectivity index (χ1) is 9.02. The van der Waals surface area contributed by atoms with Gasteiger partial charge in [0.05, 0.1) is 4.83 Å². The maximum Gasteiger partial charge on any atom is 0.133 e. The smallest absolute Gasteiger partial charge is 0.133 e. The van der Waals surface area contributed by atoms with Crippen LogP contribution in [0.4, 0.5) is 8.78 Å². The van der Waals surface area contributed by atoms with Crippen LogP contribution in [0.1, 0.15) is 34.5 Å². The molecule has 1 heterocycles. The lowest BCUT2D eigenvalue weighted by Gasteiger charge is -2.20. The van der Waals surface area contributed by atoms with Gasteiger partial charge in [-0.05, 0) is 30.7 Å². The summed E-state index contributed by atoms with van der Waals surface area (Å²) in [6.45, 7) is 3.52. The van der Waals surface area contributed by atoms with Crippen LogP contribution in [0.15, 0.2) is 36.5 Å². The highest BCUT2D eigenvalue weighted by atomic mass is 79.9. The second-order valence-electron chi connectivity index (χ2n) is 4.54. The van der Waals surface area contributed by atoms with Gasteiger partial charge in [-0.3, -0.25) is 4.98 Å². The van der Waals surface area contributed by atoms with Crippen LogP contribution in [0.25, 0.3) is 0 Å². The van der Waals surface area contributed by atoms with E-state index in [1.165, 1.54) is 12.1 Å². The van der Waals surface area contributed by atoms with Crippen molar-refractivity contribution in [2.45, 2.75) is 24.6 Å². The summed E-state index contributed by atoms with van der Waals surface area (Å²) in [6, 6.07) is 8.27. The molecule has 1 aromatic carbocycles. The molecular formula is C15H14BrF2N. The van der Waals surface area contributed by atoms with Crippen molar-refractivity contribution in [2.75, 3.05) is 0 Å². The fourth-order valence-corrected chi connectivity index (χ4v) is 2.67. The van der Waals surface area contributed by atoms with Gasteiger partial charge in [0.15, 0.2) is 0 Å². The van der Waals surface area contributed by atoms with E-state index in [2.05, 4.69) is 20.9 Å². The Kier molecular flexibility index (Phi) is 4.30. The molecule has 0 aliphatic heterocycles. The van der Waals surface area contributed by atoms with Crippen molar-refractivity contribution < 1.29 is 8.78 Å². The van der Waals surface area contributed by atoms with Gasteiger partial charge in [-0.25, -0.2) is 8.78 Å². The van der Waals surface area contributed by atoms with E-state index in [0.717, 1.165) is 5.69 Å². The molecule has 1 aromatic heterocycles. The van der Waals surface area contributed by atoms with Crippen LogP contribution in [0.2, 0.25) is 0 Å². The first kappa shape index (κ1) is 14.1. The van der Waals surface area contributed by atoms with E-state index in [0.29, 0.717) is 5.56 Å². The molecule has 2 rings (SSSR count). The summed E-state index contributed by atoms with van der Waals surface area (Å²) in [7, 11) is 0. The Balaban J connectivity index is 2.40. The van der Waals surface area contributed by atoms with Crippen molar-refractivity contribution in [3.05, 3.63) is 65.0 Å². The zero-order chi connectivity index (χ0) is 14.0. The topological polar surface area (TPSA) is 12.9 Å². The molecular weight excluding hydrogens is 312 g/mol. The number of hydrogen-bond acceptors (Lipinski definition) is 1. The molecule has 2 aromatic rings. The predicted octanol–water partition coefficient (Wildman–Crippen LogP) is 4.91. The minimum atomic E-state index is -0.534. The Labute approximate surface area is 119 Å². The largest absolute Gasteiger partial charge is 0.261 e. The third kappa shape index (κ3) is 2.84. The Morgan fingerprint density at radius 2 is 1.89 bits per heavy atom. The minimum absolute atomic E-state index is 0.0677. The average molecular weight is 326 g/mol. The monoisotopic (exact) mass is 325 g/mol. The number of benzene rings is 1. The van der Waals surface area contributed by atoms with Gasteiger partial charge in [-0.15, -0.1) is 0 Å². The molecule has 2 atom stereocenters. The Hall–Kier alpha value is -1.29. The molecule has 0 aliphatic rings. The molecule has 0 saturated carbocycles. The predicted molar refractivity (Wildman–Crippen MR) is 75.4 cm³/mol. The van der Waals surface area contributed by atoms with E-state index in [1.807, 2.05) is 25.1 Å². The molecule has 0 bridgehead atoms. The highest BCUT2D eigenvalue weighted by Crippen LogP contribution is 2.39. The quantitative estimate of drug-likeness (QED) is 0.731. The van der Waals surface area contributed by atoms with Gasteiger partial charge < -0.3 is 0 Å². The van der Waals surface area contributed by atoms with Crippen molar-refractivity contribution in [1.82, 2.24) is 4.98 Å². The number of halogens is 3. The summed E-state index contributed by atoms with van der Waals surface area (Å²) in [6.07, 6.45) is 1.68. The van der Waals surface area contributed by atoms with Crippen LogP contribution in [-0.4, -0.2) is 4.98 Å². The highest BCUT2D eigenvalue weighted by Gasteiger charge is 2.25. The lowest BCUT2D eigenvalue weighted by atomic mass is 9.95. The zero-order valence-corrected chi connectivity index (χ0v) is 12.3. The molecule has 0 saturated heterocycles. The van der Waals surface area contributed by atoms with Gasteiger partial charge in [0.1, 0.15) is 11.6 Å². The van der Waals surface area contributed by atoms with Crippen LogP contribution >= 0.6 is 15.9 Å². The number of aromatic nitrogens is 1. The molecule has 19 heavy (non-hydrogen) atoms. The fourth-order valence-electron chi connectivity index (χ4n) is 1.98. The summed E-state index contributed by atoms with van der Waals surface area (Å²) in [5, 5.41) is 0. The second kappa shape index (κ2) is 5.78. The number of hydrogen-bond donors (Lipinski definition) is 0. The van der Waals surface area contributed by atoms with Crippen molar-refractivity contribution in [3.8, 4) is 0 Å². The molecule has 0 aliphatic carbocycles. The molecule has 2 unspecified atom stereocenters. The second-order valence-corrected chi connectivity index (χ2v) is 5.52. The van der Waals surface area contributed by atoms with E-state index >= 15 is 0 Å². The van der Waals surface area contributed by atoms with Gasteiger partial charge in [-0.1, -0.05) is 35.0 Å². The average Bonchev–Trinajstić information content (AvgIpc) is 2.43. The molecule has 0 amide bonds. The number of rotatable bonds is 3. The summed E-state index contributed by atoms with van der Waals surface area (Å²) in [5.74, 6) is -1.16. The first-order valence-corrected chi connectivity index (χ1v) is 6.93. The highest BCUT2D eigenvalue weighted by molar-refractivity contribution is 9.09. The molecule has 1 nitrogen and oxygen atoms in total. The van der Waals surface area contributed by atoms with E-state index in [1.54, 1.807) is 13.1 Å². The number of pyridine rings is 1. The molecule has 0 spiro atoms. The number of alkyl halides is 1. The first-order valence-electron chi connectivity index (χ1n) is 6.02. The van der Waals surface area contributed by atoms with Crippen LogP contribution in [0.5, 0.6) is 0 Å². The maximum absolute atomic E-state index is 14.1. The van der Waals surface area contributed by atoms with Crippen molar-refractivity contribution >= 4 is 15.9 Å². The van der Waals surface area contributed by atoms with Gasteiger partial charge in [0, 0.05) is 23.4 Å². The zero-order valence-electron chi connectivity index (χ0n) is 10.7. The van der Waals surface area contributed by atoms with E-state index in [4.69, 9.17) is 0 Å². The number of nitrogens with zero attached hydrogens (tertiary/aromatic N) is 1. The van der Waals surface area contributed by atoms with Crippen LogP contribution < -0.4 is 0 Å². The summed E-state index contributed by atoms with van der Waals surface area (Å²) in [4.78, 5) is 3.78. The van der Waals surface area contributed by atoms with Crippen molar-refractivity contribution in [3.63, 3.8) is 0 Å². The van der Waals surface area contributed by atoms with Gasteiger partial charge in [0.2, 0.25) is 0 Å². The summed E-state index contributed by atoms with van der Waals surface area (Å²) >= 11 is 3.40. The SMILES string of the molecule is Cc1ccc(F)c(C(Br)C(C)c2ccccn2)c1F. The van der Waals surface area contributed by atoms with Gasteiger partial charge >= 0.3 is 0 Å². The Morgan fingerprint density at radius 1 is 1.16 bits per heavy atom. The third-order valence-corrected chi connectivity index (χ3v) is 4.44. The van der Waals surface area contributed by atoms with Crippen molar-refractivity contribution in [2.24, 2.45) is 0 Å². The lowest BCUT2D eigenvalue weighted by Crippen LogP contribution is -2.09. The molecule has 0 fully saturated rings. The third-order valence-electron chi connectivity index (χ3n) is 3.19.